The van der Waals surface area contributed by atoms with Crippen molar-refractivity contribution in [1.29, 1.82) is 0 Å². The van der Waals surface area contributed by atoms with Crippen LogP contribution in [0.5, 0.6) is 5.75 Å². The first-order valence-electron chi connectivity index (χ1n) is 6.01. The monoisotopic (exact) mass is 236 g/mol. The van der Waals surface area contributed by atoms with Crippen LogP contribution in [-0.4, -0.2) is 6.61 Å². The lowest BCUT2D eigenvalue weighted by Crippen LogP contribution is -1.91. The van der Waals surface area contributed by atoms with Gasteiger partial charge in [0.1, 0.15) is 12.4 Å². The zero-order valence-electron chi connectivity index (χ0n) is 10.2. The van der Waals surface area contributed by atoms with Crippen molar-refractivity contribution in [3.8, 4) is 5.75 Å². The Labute approximate surface area is 108 Å². The van der Waals surface area contributed by atoms with Crippen LogP contribution in [0.4, 0.5) is 0 Å². The molecule has 2 aromatic rings. The fraction of sp³-hybridized carbons (Fsp3) is 0.0588. The van der Waals surface area contributed by atoms with E-state index in [9.17, 15) is 0 Å². The predicted octanol–water partition coefficient (Wildman–Crippen LogP) is 4.34. The van der Waals surface area contributed by atoms with Crippen LogP contribution in [0.15, 0.2) is 78.9 Å². The average Bonchev–Trinajstić information content (AvgIpc) is 2.45. The molecule has 0 atom stereocenters. The highest BCUT2D eigenvalue weighted by atomic mass is 16.5. The average molecular weight is 236 g/mol. The molecule has 1 nitrogen and oxygen atoms in total. The predicted molar refractivity (Wildman–Crippen MR) is 76.6 cm³/mol. The minimum atomic E-state index is 0.586. The Kier molecular flexibility index (Phi) is 4.82. The first-order valence-corrected chi connectivity index (χ1v) is 6.01. The minimum absolute atomic E-state index is 0.586. The maximum absolute atomic E-state index is 5.54. The molecular formula is C17H16O. The van der Waals surface area contributed by atoms with E-state index in [1.54, 1.807) is 0 Å². The third-order valence-corrected chi connectivity index (χ3v) is 2.42. The molecule has 90 valence electrons. The number of hydrogen-bond acceptors (Lipinski definition) is 1. The lowest BCUT2D eigenvalue weighted by Gasteiger charge is -2.00. The van der Waals surface area contributed by atoms with E-state index in [0.717, 1.165) is 5.75 Å². The molecule has 0 N–H and O–H groups in total. The van der Waals surface area contributed by atoms with E-state index < -0.39 is 0 Å². The van der Waals surface area contributed by atoms with Crippen LogP contribution in [0, 0.1) is 0 Å². The Morgan fingerprint density at radius 1 is 0.778 bits per heavy atom. The molecule has 0 aliphatic carbocycles. The van der Waals surface area contributed by atoms with Gasteiger partial charge in [0, 0.05) is 0 Å². The fourth-order valence-corrected chi connectivity index (χ4v) is 1.53. The van der Waals surface area contributed by atoms with Gasteiger partial charge in [0.15, 0.2) is 0 Å². The van der Waals surface area contributed by atoms with Crippen LogP contribution in [0.25, 0.3) is 6.08 Å². The molecule has 0 bridgehead atoms. The lowest BCUT2D eigenvalue weighted by molar-refractivity contribution is 0.363. The highest BCUT2D eigenvalue weighted by Crippen LogP contribution is 2.07. The molecule has 0 aromatic heterocycles. The summed E-state index contributed by atoms with van der Waals surface area (Å²) < 4.78 is 5.54. The van der Waals surface area contributed by atoms with Crippen LogP contribution in [0.1, 0.15) is 5.56 Å². The van der Waals surface area contributed by atoms with Gasteiger partial charge in [-0.2, -0.15) is 0 Å². The van der Waals surface area contributed by atoms with Crippen molar-refractivity contribution in [3.63, 3.8) is 0 Å². The second-order valence-corrected chi connectivity index (χ2v) is 3.82. The largest absolute Gasteiger partial charge is 0.490 e. The molecule has 2 rings (SSSR count). The number of ether oxygens (including phenoxy) is 1. The summed E-state index contributed by atoms with van der Waals surface area (Å²) in [4.78, 5) is 0. The first kappa shape index (κ1) is 12.2. The molecular weight excluding hydrogens is 220 g/mol. The summed E-state index contributed by atoms with van der Waals surface area (Å²) in [5, 5.41) is 0. The van der Waals surface area contributed by atoms with Gasteiger partial charge in [-0.3, -0.25) is 0 Å². The molecule has 1 heteroatoms. The second kappa shape index (κ2) is 7.13. The summed E-state index contributed by atoms with van der Waals surface area (Å²) in [7, 11) is 0. The molecule has 0 unspecified atom stereocenters. The number of allylic oxidation sites excluding steroid dienone is 2. The topological polar surface area (TPSA) is 9.23 Å². The van der Waals surface area contributed by atoms with E-state index in [-0.39, 0.29) is 0 Å². The highest BCUT2D eigenvalue weighted by molar-refractivity contribution is 5.50. The van der Waals surface area contributed by atoms with Crippen molar-refractivity contribution in [2.75, 3.05) is 6.61 Å². The molecule has 0 aliphatic heterocycles. The van der Waals surface area contributed by atoms with Gasteiger partial charge in [-0.05, 0) is 23.8 Å². The molecule has 18 heavy (non-hydrogen) atoms. The van der Waals surface area contributed by atoms with E-state index in [2.05, 4.69) is 18.2 Å². The maximum atomic E-state index is 5.54. The van der Waals surface area contributed by atoms with Crippen LogP contribution < -0.4 is 4.74 Å². The molecule has 0 amide bonds. The molecule has 0 saturated carbocycles. The second-order valence-electron chi connectivity index (χ2n) is 3.82. The van der Waals surface area contributed by atoms with Gasteiger partial charge in [0.25, 0.3) is 0 Å². The third-order valence-electron chi connectivity index (χ3n) is 2.42. The molecule has 0 fully saturated rings. The van der Waals surface area contributed by atoms with Gasteiger partial charge in [-0.15, -0.1) is 0 Å². The molecule has 0 radical (unpaired) electrons. The van der Waals surface area contributed by atoms with Crippen LogP contribution in [-0.2, 0) is 0 Å². The summed E-state index contributed by atoms with van der Waals surface area (Å²) in [6.07, 6.45) is 8.07. The zero-order valence-corrected chi connectivity index (χ0v) is 10.2. The van der Waals surface area contributed by atoms with E-state index >= 15 is 0 Å². The van der Waals surface area contributed by atoms with E-state index in [1.807, 2.05) is 66.8 Å². The van der Waals surface area contributed by atoms with Crippen molar-refractivity contribution >= 4 is 6.08 Å². The van der Waals surface area contributed by atoms with Crippen LogP contribution in [0.3, 0.4) is 0 Å². The van der Waals surface area contributed by atoms with Gasteiger partial charge in [0.05, 0.1) is 0 Å². The maximum Gasteiger partial charge on any atom is 0.119 e. The van der Waals surface area contributed by atoms with Gasteiger partial charge in [-0.1, -0.05) is 66.8 Å². The van der Waals surface area contributed by atoms with Gasteiger partial charge in [-0.25, -0.2) is 0 Å². The summed E-state index contributed by atoms with van der Waals surface area (Å²) in [6.45, 7) is 0.586. The van der Waals surface area contributed by atoms with Gasteiger partial charge >= 0.3 is 0 Å². The Morgan fingerprint density at radius 2 is 1.44 bits per heavy atom. The number of para-hydroxylation sites is 1. The fourth-order valence-electron chi connectivity index (χ4n) is 1.53. The summed E-state index contributed by atoms with van der Waals surface area (Å²) in [5.74, 6) is 0.897. The van der Waals surface area contributed by atoms with Crippen molar-refractivity contribution in [1.82, 2.24) is 0 Å². The summed E-state index contributed by atoms with van der Waals surface area (Å²) in [6, 6.07) is 20.0. The Balaban J connectivity index is 1.74. The van der Waals surface area contributed by atoms with Crippen LogP contribution >= 0.6 is 0 Å². The van der Waals surface area contributed by atoms with Crippen molar-refractivity contribution in [2.24, 2.45) is 0 Å². The Bertz CT molecular complexity index is 498. The number of hydrogen-bond donors (Lipinski definition) is 0. The van der Waals surface area contributed by atoms with Gasteiger partial charge < -0.3 is 4.74 Å². The molecule has 0 aliphatic rings. The Morgan fingerprint density at radius 3 is 2.17 bits per heavy atom. The number of rotatable bonds is 5. The smallest absolute Gasteiger partial charge is 0.119 e. The molecule has 0 saturated heterocycles. The van der Waals surface area contributed by atoms with E-state index in [0.29, 0.717) is 6.61 Å². The normalized spacial score (nSPS) is 11.1. The third kappa shape index (κ3) is 4.30. The highest BCUT2D eigenvalue weighted by Gasteiger charge is 1.86. The minimum Gasteiger partial charge on any atom is -0.490 e. The molecule has 2 aromatic carbocycles. The SMILES string of the molecule is C(C=Cc1ccccc1)=CCOc1ccccc1. The van der Waals surface area contributed by atoms with Crippen molar-refractivity contribution in [2.45, 2.75) is 0 Å². The van der Waals surface area contributed by atoms with E-state index in [4.69, 9.17) is 4.74 Å². The van der Waals surface area contributed by atoms with Crippen molar-refractivity contribution < 1.29 is 4.74 Å². The van der Waals surface area contributed by atoms with Crippen LogP contribution in [0.2, 0.25) is 0 Å². The Hall–Kier alpha value is -2.28. The van der Waals surface area contributed by atoms with Crippen molar-refractivity contribution in [3.05, 3.63) is 84.5 Å². The summed E-state index contributed by atoms with van der Waals surface area (Å²) in [5.41, 5.74) is 1.20. The van der Waals surface area contributed by atoms with E-state index in [1.165, 1.54) is 5.56 Å². The molecule has 0 heterocycles. The number of benzene rings is 2. The van der Waals surface area contributed by atoms with Gasteiger partial charge in [0.2, 0.25) is 0 Å². The summed E-state index contributed by atoms with van der Waals surface area (Å²) >= 11 is 0. The first-order chi connectivity index (χ1) is 8.95. The standard InChI is InChI=1S/C17H16O/c1-4-10-16(11-5-1)12-6-3-9-15-18-17-13-7-2-8-14-17/h1-14H,15H2. The molecule has 0 spiro atoms. The lowest BCUT2D eigenvalue weighted by atomic mass is 10.2. The zero-order chi connectivity index (χ0) is 12.5. The quantitative estimate of drug-likeness (QED) is 0.702.